The van der Waals surface area contributed by atoms with E-state index in [2.05, 4.69) is 4.98 Å². The zero-order valence-electron chi connectivity index (χ0n) is 19.3. The second-order valence-electron chi connectivity index (χ2n) is 8.67. The van der Waals surface area contributed by atoms with Gasteiger partial charge in [-0.05, 0) is 60.5 Å². The van der Waals surface area contributed by atoms with Gasteiger partial charge in [-0.15, -0.1) is 0 Å². The maximum absolute atomic E-state index is 13.5. The molecule has 1 atom stereocenters. The normalized spacial score (nSPS) is 18.6. The minimum atomic E-state index is -0.982. The molecule has 0 radical (unpaired) electrons. The largest absolute Gasteiger partial charge is 0.507 e. The molecule has 1 N–H and O–H groups in total. The van der Waals surface area contributed by atoms with Crippen LogP contribution < -0.4 is 14.4 Å². The van der Waals surface area contributed by atoms with E-state index in [1.165, 1.54) is 16.2 Å². The molecule has 2 aliphatic heterocycles. The Morgan fingerprint density at radius 3 is 2.57 bits per heavy atom. The zero-order valence-corrected chi connectivity index (χ0v) is 21.7. The molecule has 10 heteroatoms. The van der Waals surface area contributed by atoms with Gasteiger partial charge in [0.05, 0.1) is 31.9 Å². The number of aliphatic hydroxyl groups is 1. The molecule has 3 aromatic carbocycles. The third kappa shape index (κ3) is 4.01. The Labute approximate surface area is 225 Å². The van der Waals surface area contributed by atoms with Gasteiger partial charge in [0, 0.05) is 5.56 Å². The lowest BCUT2D eigenvalue weighted by atomic mass is 9.95. The van der Waals surface area contributed by atoms with Crippen LogP contribution in [0.2, 0.25) is 10.0 Å². The van der Waals surface area contributed by atoms with Gasteiger partial charge in [-0.3, -0.25) is 14.5 Å². The number of nitrogens with zero attached hydrogens (tertiary/aromatic N) is 2. The maximum Gasteiger partial charge on any atom is 0.301 e. The van der Waals surface area contributed by atoms with Crippen LogP contribution in [-0.4, -0.2) is 35.0 Å². The quantitative estimate of drug-likeness (QED) is 0.182. The third-order valence-corrected chi connectivity index (χ3v) is 8.01. The molecule has 0 bridgehead atoms. The number of carbonyl (C=O) groups is 2. The average Bonchev–Trinajstić information content (AvgIpc) is 3.42. The molecular formula is C27H18Cl2N2O5S. The Hall–Kier alpha value is -3.59. The first-order chi connectivity index (χ1) is 17.8. The molecule has 0 aliphatic carbocycles. The highest BCUT2D eigenvalue weighted by atomic mass is 35.5. The average molecular weight is 553 g/mol. The minimum absolute atomic E-state index is 0.0875. The number of halogens is 2. The van der Waals surface area contributed by atoms with Crippen LogP contribution in [0.5, 0.6) is 11.5 Å². The highest BCUT2D eigenvalue weighted by Gasteiger charge is 2.48. The molecule has 7 nitrogen and oxygen atoms in total. The number of hydrogen-bond acceptors (Lipinski definition) is 7. The fourth-order valence-corrected chi connectivity index (χ4v) is 5.89. The molecule has 1 amide bonds. The van der Waals surface area contributed by atoms with Crippen LogP contribution in [0.3, 0.4) is 0 Å². The molecule has 0 spiro atoms. The molecule has 37 heavy (non-hydrogen) atoms. The summed E-state index contributed by atoms with van der Waals surface area (Å²) in [5.74, 6) is -0.998. The van der Waals surface area contributed by atoms with Gasteiger partial charge in [-0.2, -0.15) is 0 Å². The lowest BCUT2D eigenvalue weighted by Crippen LogP contribution is -2.29. The Balaban J connectivity index is 1.55. The van der Waals surface area contributed by atoms with Crippen molar-refractivity contribution >= 4 is 67.3 Å². The van der Waals surface area contributed by atoms with Gasteiger partial charge in [0.2, 0.25) is 0 Å². The Morgan fingerprint density at radius 2 is 1.78 bits per heavy atom. The van der Waals surface area contributed by atoms with Crippen LogP contribution in [0.4, 0.5) is 5.13 Å². The van der Waals surface area contributed by atoms with Crippen molar-refractivity contribution in [2.75, 3.05) is 18.1 Å². The molecule has 1 saturated heterocycles. The fraction of sp³-hybridized carbons (Fsp3) is 0.148. The van der Waals surface area contributed by atoms with Gasteiger partial charge >= 0.3 is 5.91 Å². The molecule has 2 aliphatic rings. The van der Waals surface area contributed by atoms with E-state index >= 15 is 0 Å². The van der Waals surface area contributed by atoms with E-state index in [0.717, 1.165) is 10.3 Å². The predicted octanol–water partition coefficient (Wildman–Crippen LogP) is 6.31. The van der Waals surface area contributed by atoms with Crippen molar-refractivity contribution in [3.05, 3.63) is 86.9 Å². The topological polar surface area (TPSA) is 89.0 Å². The van der Waals surface area contributed by atoms with Crippen molar-refractivity contribution in [3.8, 4) is 11.5 Å². The van der Waals surface area contributed by atoms with E-state index in [9.17, 15) is 14.7 Å². The molecule has 1 fully saturated rings. The number of ketones is 1. The Kier molecular flexibility index (Phi) is 5.82. The first-order valence-corrected chi connectivity index (χ1v) is 12.9. The van der Waals surface area contributed by atoms with Crippen molar-refractivity contribution in [3.63, 3.8) is 0 Å². The van der Waals surface area contributed by atoms with Crippen LogP contribution >= 0.6 is 34.5 Å². The molecular weight excluding hydrogens is 535 g/mol. The highest BCUT2D eigenvalue weighted by molar-refractivity contribution is 7.22. The summed E-state index contributed by atoms with van der Waals surface area (Å²) in [6.45, 7) is 2.75. The van der Waals surface area contributed by atoms with Gasteiger partial charge < -0.3 is 14.6 Å². The maximum atomic E-state index is 13.5. The number of amides is 1. The molecule has 6 rings (SSSR count). The summed E-state index contributed by atoms with van der Waals surface area (Å²) in [6, 6.07) is 14.5. The number of hydrogen-bond donors (Lipinski definition) is 1. The van der Waals surface area contributed by atoms with Crippen molar-refractivity contribution < 1.29 is 24.2 Å². The van der Waals surface area contributed by atoms with Crippen molar-refractivity contribution in [1.82, 2.24) is 4.98 Å². The molecule has 3 heterocycles. The van der Waals surface area contributed by atoms with Crippen molar-refractivity contribution in [1.29, 1.82) is 0 Å². The van der Waals surface area contributed by atoms with E-state index in [4.69, 9.17) is 32.7 Å². The minimum Gasteiger partial charge on any atom is -0.507 e. The monoisotopic (exact) mass is 552 g/mol. The number of aromatic nitrogens is 1. The first kappa shape index (κ1) is 23.8. The number of ether oxygens (including phenoxy) is 2. The second-order valence-corrected chi connectivity index (χ2v) is 10.5. The summed E-state index contributed by atoms with van der Waals surface area (Å²) in [5, 5.41) is 12.3. The van der Waals surface area contributed by atoms with Gasteiger partial charge in [-0.1, -0.05) is 46.7 Å². The van der Waals surface area contributed by atoms with E-state index in [0.29, 0.717) is 51.5 Å². The lowest BCUT2D eigenvalue weighted by Gasteiger charge is -2.23. The van der Waals surface area contributed by atoms with E-state index in [1.54, 1.807) is 36.4 Å². The van der Waals surface area contributed by atoms with Crippen LogP contribution in [0.25, 0.3) is 16.0 Å². The predicted molar refractivity (Wildman–Crippen MR) is 143 cm³/mol. The van der Waals surface area contributed by atoms with Gasteiger partial charge in [0.25, 0.3) is 5.78 Å². The summed E-state index contributed by atoms with van der Waals surface area (Å²) in [5.41, 5.74) is 2.47. The van der Waals surface area contributed by atoms with Crippen LogP contribution in [0.15, 0.2) is 60.2 Å². The number of aryl methyl sites for hydroxylation is 1. The summed E-state index contributed by atoms with van der Waals surface area (Å²) in [6.07, 6.45) is 0. The first-order valence-electron chi connectivity index (χ1n) is 11.3. The third-order valence-electron chi connectivity index (χ3n) is 6.26. The number of aliphatic hydroxyl groups excluding tert-OH is 1. The van der Waals surface area contributed by atoms with Crippen molar-refractivity contribution in [2.45, 2.75) is 13.0 Å². The summed E-state index contributed by atoms with van der Waals surface area (Å²) in [4.78, 5) is 32.9. The number of rotatable bonds is 3. The number of benzene rings is 3. The zero-order chi connectivity index (χ0) is 25.8. The standard InChI is InChI=1S/C27H18Cl2N2O5S/c1-13-2-6-18-21(10-13)37-27(30-18)31-23(14-3-5-16(28)17(29)11-14)22(25(33)26(31)34)24(32)15-4-7-19-20(12-15)36-9-8-35-19/h2-7,10-12,23,32H,8-9H2,1H3/t23-/m1/s1. The smallest absolute Gasteiger partial charge is 0.301 e. The number of thiazole rings is 1. The highest BCUT2D eigenvalue weighted by Crippen LogP contribution is 2.46. The number of Topliss-reactive ketones (excluding diaryl/α,β-unsaturated/α-hetero) is 1. The lowest BCUT2D eigenvalue weighted by molar-refractivity contribution is -0.132. The molecule has 4 aromatic rings. The van der Waals surface area contributed by atoms with Gasteiger partial charge in [0.1, 0.15) is 19.0 Å². The van der Waals surface area contributed by atoms with E-state index in [1.807, 2.05) is 25.1 Å². The number of anilines is 1. The van der Waals surface area contributed by atoms with Crippen LogP contribution in [0.1, 0.15) is 22.7 Å². The number of fused-ring (bicyclic) bond motifs is 2. The second kappa shape index (κ2) is 9.06. The summed E-state index contributed by atoms with van der Waals surface area (Å²) in [7, 11) is 0. The SMILES string of the molecule is Cc1ccc2nc(N3C(=O)C(=O)C(=C(O)c4ccc5c(c4)OCCO5)[C@H]3c3ccc(Cl)c(Cl)c3)sc2c1. The van der Waals surface area contributed by atoms with Gasteiger partial charge in [0.15, 0.2) is 16.6 Å². The summed E-state index contributed by atoms with van der Waals surface area (Å²) >= 11 is 13.8. The van der Waals surface area contributed by atoms with Crippen LogP contribution in [-0.2, 0) is 9.59 Å². The molecule has 0 unspecified atom stereocenters. The van der Waals surface area contributed by atoms with Crippen LogP contribution in [0, 0.1) is 6.92 Å². The molecule has 1 aromatic heterocycles. The van der Waals surface area contributed by atoms with Gasteiger partial charge in [-0.25, -0.2) is 4.98 Å². The molecule has 0 saturated carbocycles. The molecule has 186 valence electrons. The Bertz CT molecular complexity index is 1650. The summed E-state index contributed by atoms with van der Waals surface area (Å²) < 4.78 is 12.1. The van der Waals surface area contributed by atoms with E-state index in [-0.39, 0.29) is 16.4 Å². The Morgan fingerprint density at radius 1 is 1.00 bits per heavy atom. The van der Waals surface area contributed by atoms with E-state index < -0.39 is 17.7 Å². The fourth-order valence-electron chi connectivity index (χ4n) is 4.50. The van der Waals surface area contributed by atoms with Crippen molar-refractivity contribution in [2.24, 2.45) is 0 Å². The number of carbonyl (C=O) groups excluding carboxylic acids is 2.